The van der Waals surface area contributed by atoms with Crippen LogP contribution in [0.2, 0.25) is 0 Å². The summed E-state index contributed by atoms with van der Waals surface area (Å²) in [6, 6.07) is 9.29. The monoisotopic (exact) mass is 328 g/mol. The van der Waals surface area contributed by atoms with Crippen LogP contribution in [0.1, 0.15) is 37.1 Å². The minimum atomic E-state index is -0.0831. The molecular formula is C18H24N4O2. The number of carbonyl (C=O) groups excluding carboxylic acids is 1. The second kappa shape index (κ2) is 8.29. The zero-order chi connectivity index (χ0) is 17.5. The fourth-order valence-corrected chi connectivity index (χ4v) is 2.36. The highest BCUT2D eigenvalue weighted by molar-refractivity contribution is 5.93. The van der Waals surface area contributed by atoms with Crippen molar-refractivity contribution in [1.82, 2.24) is 14.9 Å². The molecule has 1 aromatic heterocycles. The lowest BCUT2D eigenvalue weighted by molar-refractivity contribution is 0.0766. The molecule has 0 aliphatic carbocycles. The van der Waals surface area contributed by atoms with E-state index in [4.69, 9.17) is 4.74 Å². The van der Waals surface area contributed by atoms with Crippen LogP contribution in [-0.4, -0.2) is 40.5 Å². The van der Waals surface area contributed by atoms with Crippen LogP contribution in [0.3, 0.4) is 0 Å². The highest BCUT2D eigenvalue weighted by atomic mass is 16.5. The maximum Gasteiger partial charge on any atom is 0.272 e. The number of anilines is 2. The summed E-state index contributed by atoms with van der Waals surface area (Å²) in [4.78, 5) is 22.8. The molecule has 1 N–H and O–H groups in total. The third kappa shape index (κ3) is 4.44. The number of rotatable bonds is 7. The van der Waals surface area contributed by atoms with E-state index < -0.39 is 0 Å². The standard InChI is InChI=1S/C18H24N4O2/c1-5-22(6-2)18(23)16-12-17(20-13(4)19-16)21-14-8-10-15(11-9-14)24-7-3/h8-12H,5-7H2,1-4H3,(H,19,20,21). The third-order valence-electron chi connectivity index (χ3n) is 3.55. The van der Waals surface area contributed by atoms with Gasteiger partial charge in [-0.2, -0.15) is 0 Å². The van der Waals surface area contributed by atoms with Crippen molar-refractivity contribution in [3.63, 3.8) is 0 Å². The molecule has 0 aliphatic heterocycles. The summed E-state index contributed by atoms with van der Waals surface area (Å²) in [7, 11) is 0. The molecule has 0 unspecified atom stereocenters. The molecule has 6 heteroatoms. The smallest absolute Gasteiger partial charge is 0.272 e. The summed E-state index contributed by atoms with van der Waals surface area (Å²) in [5.41, 5.74) is 1.28. The van der Waals surface area contributed by atoms with Crippen molar-refractivity contribution in [3.05, 3.63) is 41.9 Å². The number of aromatic nitrogens is 2. The minimum Gasteiger partial charge on any atom is -0.494 e. The molecule has 24 heavy (non-hydrogen) atoms. The molecule has 0 aliphatic rings. The highest BCUT2D eigenvalue weighted by Gasteiger charge is 2.15. The summed E-state index contributed by atoms with van der Waals surface area (Å²) in [5, 5.41) is 3.21. The Bertz CT molecular complexity index is 682. The Morgan fingerprint density at radius 2 is 1.79 bits per heavy atom. The molecule has 0 spiro atoms. The second-order valence-electron chi connectivity index (χ2n) is 5.25. The van der Waals surface area contributed by atoms with Crippen LogP contribution in [-0.2, 0) is 0 Å². The van der Waals surface area contributed by atoms with E-state index in [1.807, 2.05) is 45.0 Å². The Morgan fingerprint density at radius 3 is 2.38 bits per heavy atom. The van der Waals surface area contributed by atoms with Crippen molar-refractivity contribution in [2.75, 3.05) is 25.0 Å². The van der Waals surface area contributed by atoms with Crippen molar-refractivity contribution in [2.24, 2.45) is 0 Å². The maximum absolute atomic E-state index is 12.5. The molecule has 0 saturated heterocycles. The summed E-state index contributed by atoms with van der Waals surface area (Å²) < 4.78 is 5.43. The number of hydrogen-bond acceptors (Lipinski definition) is 5. The van der Waals surface area contributed by atoms with Crippen molar-refractivity contribution < 1.29 is 9.53 Å². The van der Waals surface area contributed by atoms with Gasteiger partial charge in [0.15, 0.2) is 0 Å². The predicted molar refractivity (Wildman–Crippen MR) is 94.9 cm³/mol. The Labute approximate surface area is 142 Å². The number of hydrogen-bond donors (Lipinski definition) is 1. The number of nitrogens with one attached hydrogen (secondary N) is 1. The average Bonchev–Trinajstić information content (AvgIpc) is 2.57. The summed E-state index contributed by atoms with van der Waals surface area (Å²) in [6.07, 6.45) is 0. The van der Waals surface area contributed by atoms with Crippen LogP contribution < -0.4 is 10.1 Å². The number of benzene rings is 1. The summed E-state index contributed by atoms with van der Waals surface area (Å²) in [5.74, 6) is 1.89. The van der Waals surface area contributed by atoms with E-state index in [2.05, 4.69) is 15.3 Å². The fraction of sp³-hybridized carbons (Fsp3) is 0.389. The SMILES string of the molecule is CCOc1ccc(Nc2cc(C(=O)N(CC)CC)nc(C)n2)cc1. The number of ether oxygens (including phenoxy) is 1. The van der Waals surface area contributed by atoms with Gasteiger partial charge in [0.05, 0.1) is 6.61 Å². The molecule has 0 saturated carbocycles. The molecule has 1 heterocycles. The van der Waals surface area contributed by atoms with E-state index in [1.165, 1.54) is 0 Å². The third-order valence-corrected chi connectivity index (χ3v) is 3.55. The van der Waals surface area contributed by atoms with Gasteiger partial charge in [0.1, 0.15) is 23.1 Å². The second-order valence-corrected chi connectivity index (χ2v) is 5.25. The van der Waals surface area contributed by atoms with Gasteiger partial charge in [0.2, 0.25) is 0 Å². The zero-order valence-electron chi connectivity index (χ0n) is 14.7. The lowest BCUT2D eigenvalue weighted by Crippen LogP contribution is -2.31. The first-order chi connectivity index (χ1) is 11.6. The van der Waals surface area contributed by atoms with Gasteiger partial charge in [0.25, 0.3) is 5.91 Å². The van der Waals surface area contributed by atoms with Gasteiger partial charge >= 0.3 is 0 Å². The van der Waals surface area contributed by atoms with Gasteiger partial charge in [0, 0.05) is 24.8 Å². The van der Waals surface area contributed by atoms with Gasteiger partial charge < -0.3 is 15.0 Å². The molecule has 1 amide bonds. The number of nitrogens with zero attached hydrogens (tertiary/aromatic N) is 3. The predicted octanol–water partition coefficient (Wildman–Crippen LogP) is 3.41. The molecule has 0 radical (unpaired) electrons. The molecule has 1 aromatic carbocycles. The van der Waals surface area contributed by atoms with Gasteiger partial charge in [-0.25, -0.2) is 9.97 Å². The topological polar surface area (TPSA) is 67.3 Å². The summed E-state index contributed by atoms with van der Waals surface area (Å²) in [6.45, 7) is 9.57. The lowest BCUT2D eigenvalue weighted by Gasteiger charge is -2.18. The van der Waals surface area contributed by atoms with Gasteiger partial charge in [-0.3, -0.25) is 4.79 Å². The normalized spacial score (nSPS) is 10.3. The van der Waals surface area contributed by atoms with Crippen molar-refractivity contribution in [1.29, 1.82) is 0 Å². The largest absolute Gasteiger partial charge is 0.494 e. The van der Waals surface area contributed by atoms with Crippen LogP contribution in [0.4, 0.5) is 11.5 Å². The van der Waals surface area contributed by atoms with E-state index in [0.29, 0.717) is 37.0 Å². The van der Waals surface area contributed by atoms with E-state index in [-0.39, 0.29) is 5.91 Å². The lowest BCUT2D eigenvalue weighted by atomic mass is 10.3. The van der Waals surface area contributed by atoms with Gasteiger partial charge in [-0.15, -0.1) is 0 Å². The molecule has 0 bridgehead atoms. The highest BCUT2D eigenvalue weighted by Crippen LogP contribution is 2.20. The summed E-state index contributed by atoms with van der Waals surface area (Å²) >= 11 is 0. The Balaban J connectivity index is 2.20. The zero-order valence-corrected chi connectivity index (χ0v) is 14.7. The molecular weight excluding hydrogens is 304 g/mol. The molecule has 2 aromatic rings. The van der Waals surface area contributed by atoms with E-state index in [9.17, 15) is 4.79 Å². The van der Waals surface area contributed by atoms with Crippen LogP contribution >= 0.6 is 0 Å². The Hall–Kier alpha value is -2.63. The maximum atomic E-state index is 12.5. The fourth-order valence-electron chi connectivity index (χ4n) is 2.36. The van der Waals surface area contributed by atoms with Crippen LogP contribution in [0, 0.1) is 6.92 Å². The van der Waals surface area contributed by atoms with Crippen LogP contribution in [0.25, 0.3) is 0 Å². The average molecular weight is 328 g/mol. The van der Waals surface area contributed by atoms with E-state index in [0.717, 1.165) is 11.4 Å². The van der Waals surface area contributed by atoms with E-state index in [1.54, 1.807) is 17.9 Å². The molecule has 0 atom stereocenters. The van der Waals surface area contributed by atoms with Crippen molar-refractivity contribution >= 4 is 17.4 Å². The first kappa shape index (κ1) is 17.7. The van der Waals surface area contributed by atoms with Crippen molar-refractivity contribution in [3.8, 4) is 5.75 Å². The van der Waals surface area contributed by atoms with Gasteiger partial charge in [-0.1, -0.05) is 0 Å². The molecule has 6 nitrogen and oxygen atoms in total. The first-order valence-corrected chi connectivity index (χ1v) is 8.22. The van der Waals surface area contributed by atoms with Crippen LogP contribution in [0.15, 0.2) is 30.3 Å². The number of amides is 1. The Kier molecular flexibility index (Phi) is 6.12. The molecule has 128 valence electrons. The quantitative estimate of drug-likeness (QED) is 0.843. The first-order valence-electron chi connectivity index (χ1n) is 8.22. The number of carbonyl (C=O) groups is 1. The van der Waals surface area contributed by atoms with Crippen LogP contribution in [0.5, 0.6) is 5.75 Å². The number of aryl methyl sites for hydroxylation is 1. The van der Waals surface area contributed by atoms with E-state index >= 15 is 0 Å². The molecule has 2 rings (SSSR count). The minimum absolute atomic E-state index is 0.0831. The molecule has 0 fully saturated rings. The van der Waals surface area contributed by atoms with Crippen molar-refractivity contribution in [2.45, 2.75) is 27.7 Å². The van der Waals surface area contributed by atoms with Gasteiger partial charge in [-0.05, 0) is 52.0 Å². The Morgan fingerprint density at radius 1 is 1.12 bits per heavy atom.